The number of alkyl halides is 1. The van der Waals surface area contributed by atoms with E-state index in [-0.39, 0.29) is 17.2 Å². The van der Waals surface area contributed by atoms with Gasteiger partial charge in [-0.2, -0.15) is 0 Å². The molecule has 1 aromatic carbocycles. The van der Waals surface area contributed by atoms with Crippen molar-refractivity contribution >= 4 is 22.6 Å². The van der Waals surface area contributed by atoms with Gasteiger partial charge in [-0.1, -0.05) is 6.07 Å². The molecule has 2 heterocycles. The average Bonchev–Trinajstić information content (AvgIpc) is 3.05. The van der Waals surface area contributed by atoms with Crippen LogP contribution in [0.2, 0.25) is 0 Å². The second-order valence-electron chi connectivity index (χ2n) is 5.17. The normalized spacial score (nSPS) is 14.5. The minimum absolute atomic E-state index is 0.0854. The molecule has 4 nitrogen and oxygen atoms in total. The maximum Gasteiger partial charge on any atom is 0.151 e. The van der Waals surface area contributed by atoms with E-state index in [9.17, 15) is 4.39 Å². The second kappa shape index (κ2) is 5.48. The van der Waals surface area contributed by atoms with E-state index in [1.165, 1.54) is 6.07 Å². The van der Waals surface area contributed by atoms with Crippen molar-refractivity contribution in [2.45, 2.75) is 31.8 Å². The Hall–Kier alpha value is -1.88. The summed E-state index contributed by atoms with van der Waals surface area (Å²) in [4.78, 5) is 8.44. The molecular weight excluding hydrogens is 291 g/mol. The lowest BCUT2D eigenvalue weighted by Crippen LogP contribution is -2.15. The Kier molecular flexibility index (Phi) is 3.68. The highest BCUT2D eigenvalue weighted by Crippen LogP contribution is 2.29. The minimum Gasteiger partial charge on any atom is -0.335 e. The summed E-state index contributed by atoms with van der Waals surface area (Å²) in [6, 6.07) is 5.08. The van der Waals surface area contributed by atoms with Gasteiger partial charge in [-0.3, -0.25) is 0 Å². The van der Waals surface area contributed by atoms with Crippen LogP contribution in [0.5, 0.6) is 0 Å². The fourth-order valence-corrected chi connectivity index (χ4v) is 2.78. The number of aromatic nitrogens is 4. The van der Waals surface area contributed by atoms with E-state index in [0.717, 1.165) is 12.1 Å². The molecule has 0 aliphatic carbocycles. The number of benzene rings is 1. The summed E-state index contributed by atoms with van der Waals surface area (Å²) in [5, 5.41) is -0.290. The predicted molar refractivity (Wildman–Crippen MR) is 80.9 cm³/mol. The van der Waals surface area contributed by atoms with Gasteiger partial charge in [-0.05, 0) is 26.0 Å². The van der Waals surface area contributed by atoms with Gasteiger partial charge in [0.15, 0.2) is 5.82 Å². The number of rotatable bonds is 4. The summed E-state index contributed by atoms with van der Waals surface area (Å²) >= 11 is 6.23. The van der Waals surface area contributed by atoms with Crippen LogP contribution in [0.25, 0.3) is 11.0 Å². The van der Waals surface area contributed by atoms with Gasteiger partial charge < -0.3 is 9.13 Å². The summed E-state index contributed by atoms with van der Waals surface area (Å²) in [7, 11) is 0. The lowest BCUT2D eigenvalue weighted by molar-refractivity contribution is 0.460. The molecule has 0 fully saturated rings. The molecule has 0 spiro atoms. The Labute approximate surface area is 127 Å². The molecule has 0 amide bonds. The van der Waals surface area contributed by atoms with Crippen LogP contribution < -0.4 is 0 Å². The third kappa shape index (κ3) is 2.53. The van der Waals surface area contributed by atoms with Crippen molar-refractivity contribution in [3.63, 3.8) is 0 Å². The van der Waals surface area contributed by atoms with Gasteiger partial charge in [-0.15, -0.1) is 11.6 Å². The molecular formula is C15H16ClFN4. The van der Waals surface area contributed by atoms with E-state index in [1.54, 1.807) is 18.6 Å². The average molecular weight is 307 g/mol. The second-order valence-corrected chi connectivity index (χ2v) is 5.83. The van der Waals surface area contributed by atoms with Crippen molar-refractivity contribution in [3.8, 4) is 0 Å². The molecule has 0 radical (unpaired) electrons. The van der Waals surface area contributed by atoms with Crippen LogP contribution in [-0.4, -0.2) is 19.1 Å². The lowest BCUT2D eigenvalue weighted by Gasteiger charge is -2.19. The first-order chi connectivity index (χ1) is 10.1. The first-order valence-electron chi connectivity index (χ1n) is 6.84. The Morgan fingerprint density at radius 2 is 2.14 bits per heavy atom. The molecule has 110 valence electrons. The van der Waals surface area contributed by atoms with Crippen molar-refractivity contribution in [2.24, 2.45) is 0 Å². The smallest absolute Gasteiger partial charge is 0.151 e. The third-order valence-corrected chi connectivity index (χ3v) is 3.72. The first-order valence-corrected chi connectivity index (χ1v) is 7.27. The zero-order chi connectivity index (χ0) is 15.0. The minimum atomic E-state index is -0.320. The Bertz CT molecular complexity index is 748. The summed E-state index contributed by atoms with van der Waals surface area (Å²) < 4.78 is 17.9. The predicted octanol–water partition coefficient (Wildman–Crippen LogP) is 3.93. The summed E-state index contributed by atoms with van der Waals surface area (Å²) in [6.07, 6.45) is 5.41. The molecule has 0 saturated carbocycles. The molecule has 6 heteroatoms. The quantitative estimate of drug-likeness (QED) is 0.685. The molecule has 0 bridgehead atoms. The van der Waals surface area contributed by atoms with E-state index in [2.05, 4.69) is 16.9 Å². The van der Waals surface area contributed by atoms with Crippen molar-refractivity contribution in [2.75, 3.05) is 0 Å². The van der Waals surface area contributed by atoms with Gasteiger partial charge in [0, 0.05) is 18.9 Å². The van der Waals surface area contributed by atoms with Gasteiger partial charge in [0.2, 0.25) is 0 Å². The monoisotopic (exact) mass is 306 g/mol. The molecule has 0 aliphatic heterocycles. The van der Waals surface area contributed by atoms with E-state index in [0.29, 0.717) is 11.3 Å². The van der Waals surface area contributed by atoms with E-state index >= 15 is 0 Å². The fourth-order valence-electron chi connectivity index (χ4n) is 2.63. The van der Waals surface area contributed by atoms with Gasteiger partial charge in [-0.25, -0.2) is 14.4 Å². The van der Waals surface area contributed by atoms with Gasteiger partial charge in [0.25, 0.3) is 0 Å². The van der Waals surface area contributed by atoms with Crippen LogP contribution in [0.3, 0.4) is 0 Å². The standard InChI is InChI=1S/C15H16ClFN4/c1-10(8-20-7-6-18-9-20)21-13-5-3-4-12(17)14(13)19-15(21)11(2)16/h3-7,9-11H,8H2,1-2H3. The molecule has 21 heavy (non-hydrogen) atoms. The molecule has 2 atom stereocenters. The number of hydrogen-bond acceptors (Lipinski definition) is 2. The third-order valence-electron chi connectivity index (χ3n) is 3.53. The molecule has 2 aromatic heterocycles. The molecule has 0 aliphatic rings. The Morgan fingerprint density at radius 3 is 2.81 bits per heavy atom. The topological polar surface area (TPSA) is 35.6 Å². The van der Waals surface area contributed by atoms with Crippen LogP contribution in [0.1, 0.15) is 31.1 Å². The van der Waals surface area contributed by atoms with Crippen LogP contribution >= 0.6 is 11.6 Å². The molecule has 0 saturated heterocycles. The highest BCUT2D eigenvalue weighted by atomic mass is 35.5. The van der Waals surface area contributed by atoms with Crippen LogP contribution in [0.15, 0.2) is 36.9 Å². The lowest BCUT2D eigenvalue weighted by atomic mass is 10.2. The van der Waals surface area contributed by atoms with Crippen LogP contribution in [0.4, 0.5) is 4.39 Å². The Morgan fingerprint density at radius 1 is 1.33 bits per heavy atom. The largest absolute Gasteiger partial charge is 0.335 e. The van der Waals surface area contributed by atoms with Crippen LogP contribution in [0, 0.1) is 5.82 Å². The van der Waals surface area contributed by atoms with Crippen molar-refractivity contribution in [1.82, 2.24) is 19.1 Å². The number of para-hydroxylation sites is 1. The van der Waals surface area contributed by atoms with E-state index in [1.807, 2.05) is 28.3 Å². The van der Waals surface area contributed by atoms with Crippen molar-refractivity contribution < 1.29 is 4.39 Å². The molecule has 2 unspecified atom stereocenters. The number of nitrogens with zero attached hydrogens (tertiary/aromatic N) is 4. The van der Waals surface area contributed by atoms with E-state index in [4.69, 9.17) is 11.6 Å². The number of fused-ring (bicyclic) bond motifs is 1. The zero-order valence-corrected chi connectivity index (χ0v) is 12.6. The molecule has 3 rings (SSSR count). The van der Waals surface area contributed by atoms with E-state index < -0.39 is 0 Å². The van der Waals surface area contributed by atoms with Crippen molar-refractivity contribution in [1.29, 1.82) is 0 Å². The molecule has 3 aromatic rings. The zero-order valence-electron chi connectivity index (χ0n) is 11.9. The number of imidazole rings is 2. The fraction of sp³-hybridized carbons (Fsp3) is 0.333. The number of hydrogen-bond donors (Lipinski definition) is 0. The summed E-state index contributed by atoms with van der Waals surface area (Å²) in [5.74, 6) is 0.365. The summed E-state index contributed by atoms with van der Waals surface area (Å²) in [5.41, 5.74) is 1.14. The Balaban J connectivity index is 2.10. The van der Waals surface area contributed by atoms with Crippen LogP contribution in [-0.2, 0) is 6.54 Å². The van der Waals surface area contributed by atoms with Gasteiger partial charge in [0.05, 0.1) is 23.3 Å². The van der Waals surface area contributed by atoms with Gasteiger partial charge in [0.1, 0.15) is 11.3 Å². The molecule has 0 N–H and O–H groups in total. The first kappa shape index (κ1) is 14.1. The van der Waals surface area contributed by atoms with Gasteiger partial charge >= 0.3 is 0 Å². The highest BCUT2D eigenvalue weighted by Gasteiger charge is 2.20. The van der Waals surface area contributed by atoms with Crippen molar-refractivity contribution in [3.05, 3.63) is 48.6 Å². The maximum absolute atomic E-state index is 13.9. The highest BCUT2D eigenvalue weighted by molar-refractivity contribution is 6.20. The summed E-state index contributed by atoms with van der Waals surface area (Å²) in [6.45, 7) is 4.63. The number of halogens is 2. The maximum atomic E-state index is 13.9. The SMILES string of the molecule is CC(Cl)c1nc2c(F)cccc2n1C(C)Cn1ccnc1.